The molecule has 34 heavy (non-hydrogen) atoms. The number of Topliss-reactive ketones (excluding diaryl/α,β-unsaturated/α-hetero) is 2. The van der Waals surface area contributed by atoms with Crippen LogP contribution < -0.4 is 0 Å². The van der Waals surface area contributed by atoms with Crippen molar-refractivity contribution in [2.24, 2.45) is 16.7 Å². The molecule has 198 valence electrons. The van der Waals surface area contributed by atoms with Gasteiger partial charge >= 0.3 is 0 Å². The Morgan fingerprint density at radius 2 is 1.38 bits per heavy atom. The van der Waals surface area contributed by atoms with Crippen molar-refractivity contribution in [1.29, 1.82) is 0 Å². The van der Waals surface area contributed by atoms with Crippen molar-refractivity contribution in [3.63, 3.8) is 0 Å². The van der Waals surface area contributed by atoms with E-state index in [2.05, 4.69) is 20.8 Å². The summed E-state index contributed by atoms with van der Waals surface area (Å²) in [6.07, 6.45) is 7.95. The quantitative estimate of drug-likeness (QED) is 0.268. The van der Waals surface area contributed by atoms with Crippen molar-refractivity contribution in [3.8, 4) is 0 Å². The zero-order valence-electron chi connectivity index (χ0n) is 22.9. The van der Waals surface area contributed by atoms with E-state index >= 15 is 0 Å². The molecule has 6 heteroatoms. The van der Waals surface area contributed by atoms with E-state index < -0.39 is 0 Å². The summed E-state index contributed by atoms with van der Waals surface area (Å²) in [5.41, 5.74) is -0.110. The first-order chi connectivity index (χ1) is 15.9. The number of hydrogen-bond acceptors (Lipinski definition) is 5. The van der Waals surface area contributed by atoms with Gasteiger partial charge in [-0.2, -0.15) is 0 Å². The fourth-order valence-corrected chi connectivity index (χ4v) is 4.04. The van der Waals surface area contributed by atoms with Gasteiger partial charge in [0, 0.05) is 50.8 Å². The van der Waals surface area contributed by atoms with Crippen molar-refractivity contribution in [2.45, 2.75) is 106 Å². The number of carbonyl (C=O) groups is 3. The van der Waals surface area contributed by atoms with Gasteiger partial charge in [-0.15, -0.1) is 0 Å². The fraction of sp³-hybridized carbons (Fsp3) is 0.893. The normalized spacial score (nSPS) is 15.5. The number of carbonyl (C=O) groups excluding carboxylic acids is 3. The molecular formula is C28H51NO5. The number of nitrogens with zero attached hydrogens (tertiary/aromatic N) is 1. The molecule has 1 amide bonds. The van der Waals surface area contributed by atoms with Crippen LogP contribution in [0.25, 0.3) is 0 Å². The third kappa shape index (κ3) is 14.9. The fourth-order valence-electron chi connectivity index (χ4n) is 4.04. The highest BCUT2D eigenvalue weighted by Crippen LogP contribution is 2.25. The Labute approximate surface area is 208 Å². The minimum absolute atomic E-state index is 0.157. The molecule has 1 saturated heterocycles. The lowest BCUT2D eigenvalue weighted by Gasteiger charge is -2.32. The Hall–Kier alpha value is -1.27. The van der Waals surface area contributed by atoms with E-state index in [0.29, 0.717) is 63.7 Å². The van der Waals surface area contributed by atoms with Crippen LogP contribution in [0.4, 0.5) is 0 Å². The van der Waals surface area contributed by atoms with Crippen LogP contribution in [0.2, 0.25) is 0 Å². The molecule has 0 aromatic carbocycles. The monoisotopic (exact) mass is 481 g/mol. The van der Waals surface area contributed by atoms with E-state index in [1.54, 1.807) is 0 Å². The predicted octanol–water partition coefficient (Wildman–Crippen LogP) is 5.61. The first-order valence-corrected chi connectivity index (χ1v) is 13.4. The van der Waals surface area contributed by atoms with Crippen LogP contribution in [0, 0.1) is 16.7 Å². The average molecular weight is 482 g/mol. The lowest BCUT2D eigenvalue weighted by Crippen LogP contribution is -2.38. The molecule has 0 saturated carbocycles. The van der Waals surface area contributed by atoms with E-state index in [0.717, 1.165) is 51.8 Å². The number of piperidine rings is 1. The summed E-state index contributed by atoms with van der Waals surface area (Å²) in [4.78, 5) is 38.2. The number of amides is 1. The van der Waals surface area contributed by atoms with Gasteiger partial charge in [0.2, 0.25) is 5.91 Å². The second-order valence-electron chi connectivity index (χ2n) is 12.1. The van der Waals surface area contributed by atoms with Crippen LogP contribution in [0.15, 0.2) is 0 Å². The molecule has 1 aliphatic heterocycles. The molecule has 1 fully saturated rings. The lowest BCUT2D eigenvalue weighted by molar-refractivity contribution is -0.133. The van der Waals surface area contributed by atoms with Gasteiger partial charge in [-0.1, -0.05) is 41.5 Å². The summed E-state index contributed by atoms with van der Waals surface area (Å²) < 4.78 is 11.2. The van der Waals surface area contributed by atoms with Gasteiger partial charge in [-0.05, 0) is 49.9 Å². The van der Waals surface area contributed by atoms with Crippen molar-refractivity contribution in [3.05, 3.63) is 0 Å². The van der Waals surface area contributed by atoms with Gasteiger partial charge in [0.15, 0.2) is 0 Å². The molecule has 0 aromatic rings. The number of ketones is 2. The van der Waals surface area contributed by atoms with Crippen LogP contribution in [-0.2, 0) is 23.9 Å². The van der Waals surface area contributed by atoms with Gasteiger partial charge in [-0.3, -0.25) is 14.4 Å². The molecule has 0 aliphatic carbocycles. The van der Waals surface area contributed by atoms with Gasteiger partial charge < -0.3 is 14.4 Å². The van der Waals surface area contributed by atoms with Crippen LogP contribution in [-0.4, -0.2) is 61.9 Å². The minimum atomic E-state index is -0.323. The first kappa shape index (κ1) is 30.8. The smallest absolute Gasteiger partial charge is 0.222 e. The second kappa shape index (κ2) is 15.7. The van der Waals surface area contributed by atoms with Gasteiger partial charge in [-0.25, -0.2) is 0 Å². The third-order valence-electron chi connectivity index (χ3n) is 6.55. The van der Waals surface area contributed by atoms with E-state index in [4.69, 9.17) is 9.47 Å². The topological polar surface area (TPSA) is 72.9 Å². The Balaban J connectivity index is 1.94. The summed E-state index contributed by atoms with van der Waals surface area (Å²) in [5, 5.41) is 0. The molecule has 0 unspecified atom stereocenters. The molecule has 0 bridgehead atoms. The maximum Gasteiger partial charge on any atom is 0.222 e. The zero-order chi connectivity index (χ0) is 25.6. The van der Waals surface area contributed by atoms with Crippen LogP contribution in [0.5, 0.6) is 0 Å². The Bertz CT molecular complexity index is 609. The van der Waals surface area contributed by atoms with Crippen molar-refractivity contribution < 1.29 is 23.9 Å². The molecule has 6 nitrogen and oxygen atoms in total. The minimum Gasteiger partial charge on any atom is -0.379 e. The molecule has 0 atom stereocenters. The van der Waals surface area contributed by atoms with E-state index in [1.165, 1.54) is 0 Å². The van der Waals surface area contributed by atoms with Gasteiger partial charge in [0.1, 0.15) is 11.6 Å². The molecule has 1 rings (SSSR count). The lowest BCUT2D eigenvalue weighted by atomic mass is 9.88. The molecule has 0 N–H and O–H groups in total. The standard InChI is InChI=1S/C28H51NO5/c1-27(2,3)16-12-26(32)29-17-13-23(14-18-29)9-8-19-33-21-22-34-20-15-24(30)10-7-11-25(31)28(4,5)6/h23H,7-22H2,1-6H3. The number of ether oxygens (including phenoxy) is 2. The molecular weight excluding hydrogens is 430 g/mol. The van der Waals surface area contributed by atoms with E-state index in [-0.39, 0.29) is 22.4 Å². The molecule has 0 aromatic heterocycles. The SMILES string of the molecule is CC(C)(C)CCC(=O)N1CCC(CCCOCCOCCC(=O)CCCC(=O)C(C)(C)C)CC1. The summed E-state index contributed by atoms with van der Waals surface area (Å²) >= 11 is 0. The van der Waals surface area contributed by atoms with Gasteiger partial charge in [0.25, 0.3) is 0 Å². The predicted molar refractivity (Wildman–Crippen MR) is 137 cm³/mol. The maximum absolute atomic E-state index is 12.4. The zero-order valence-corrected chi connectivity index (χ0v) is 22.9. The van der Waals surface area contributed by atoms with Crippen LogP contribution in [0.1, 0.15) is 106 Å². The summed E-state index contributed by atoms with van der Waals surface area (Å²) in [5.74, 6) is 1.37. The van der Waals surface area contributed by atoms with Crippen LogP contribution in [0.3, 0.4) is 0 Å². The molecule has 0 radical (unpaired) electrons. The van der Waals surface area contributed by atoms with E-state index in [1.807, 2.05) is 25.7 Å². The Morgan fingerprint density at radius 1 is 0.765 bits per heavy atom. The third-order valence-corrected chi connectivity index (χ3v) is 6.55. The van der Waals surface area contributed by atoms with Crippen LogP contribution >= 0.6 is 0 Å². The first-order valence-electron chi connectivity index (χ1n) is 13.4. The largest absolute Gasteiger partial charge is 0.379 e. The van der Waals surface area contributed by atoms with Crippen molar-refractivity contribution in [2.75, 3.05) is 39.5 Å². The number of hydrogen-bond donors (Lipinski definition) is 0. The number of likely N-dealkylation sites (tertiary alicyclic amines) is 1. The van der Waals surface area contributed by atoms with E-state index in [9.17, 15) is 14.4 Å². The molecule has 1 heterocycles. The highest BCUT2D eigenvalue weighted by molar-refractivity contribution is 5.84. The maximum atomic E-state index is 12.4. The summed E-state index contributed by atoms with van der Waals surface area (Å²) in [6.45, 7) is 16.3. The summed E-state index contributed by atoms with van der Waals surface area (Å²) in [7, 11) is 0. The summed E-state index contributed by atoms with van der Waals surface area (Å²) in [6, 6.07) is 0. The highest BCUT2D eigenvalue weighted by Gasteiger charge is 2.23. The molecule has 0 spiro atoms. The van der Waals surface area contributed by atoms with Gasteiger partial charge in [0.05, 0.1) is 19.8 Å². The second-order valence-corrected chi connectivity index (χ2v) is 12.1. The van der Waals surface area contributed by atoms with Crippen molar-refractivity contribution in [1.82, 2.24) is 4.90 Å². The Kier molecular flexibility index (Phi) is 14.2. The average Bonchev–Trinajstić information content (AvgIpc) is 2.75. The Morgan fingerprint density at radius 3 is 1.97 bits per heavy atom. The molecule has 1 aliphatic rings. The number of rotatable bonds is 16. The van der Waals surface area contributed by atoms with Crippen molar-refractivity contribution >= 4 is 17.5 Å². The highest BCUT2D eigenvalue weighted by atomic mass is 16.5.